The molecule has 0 aliphatic heterocycles. The van der Waals surface area contributed by atoms with Gasteiger partial charge in [0.25, 0.3) is 0 Å². The molecule has 0 fully saturated rings. The maximum Gasteiger partial charge on any atom is 0.0397 e. The molecule has 1 N–H and O–H groups in total. The number of nitrogens with one attached hydrogen (secondary N) is 1. The Kier molecular flexibility index (Phi) is 4.71. The molecule has 90 valence electrons. The number of thiophene rings is 1. The minimum Gasteiger partial charge on any atom is -0.309 e. The minimum absolute atomic E-state index is 0.390. The second kappa shape index (κ2) is 6.28. The van der Waals surface area contributed by atoms with Crippen LogP contribution in [0, 0.1) is 0 Å². The van der Waals surface area contributed by atoms with Gasteiger partial charge in [0.05, 0.1) is 0 Å². The van der Waals surface area contributed by atoms with Crippen LogP contribution in [-0.2, 0) is 6.42 Å². The molecular weight excluding hydrogens is 296 g/mol. The summed E-state index contributed by atoms with van der Waals surface area (Å²) in [7, 11) is 0. The summed E-state index contributed by atoms with van der Waals surface area (Å²) in [6, 6.07) is 6.58. The van der Waals surface area contributed by atoms with Crippen molar-refractivity contribution in [1.82, 2.24) is 10.3 Å². The molecule has 0 saturated heterocycles. The van der Waals surface area contributed by atoms with Crippen molar-refractivity contribution in [3.05, 3.63) is 50.9 Å². The predicted molar refractivity (Wildman–Crippen MR) is 76.4 cm³/mol. The van der Waals surface area contributed by atoms with E-state index >= 15 is 0 Å². The number of nitrogens with zero attached hydrogens (tertiary/aromatic N) is 1. The molecule has 17 heavy (non-hydrogen) atoms. The Morgan fingerprint density at radius 3 is 3.00 bits per heavy atom. The molecule has 0 spiro atoms. The van der Waals surface area contributed by atoms with Gasteiger partial charge in [-0.15, -0.1) is 11.3 Å². The molecule has 2 heterocycles. The van der Waals surface area contributed by atoms with Gasteiger partial charge in [-0.05, 0) is 58.9 Å². The number of rotatable bonds is 5. The average Bonchev–Trinajstić information content (AvgIpc) is 2.77. The molecule has 0 radical (unpaired) electrons. The number of hydrogen-bond acceptors (Lipinski definition) is 3. The number of halogens is 1. The maximum absolute atomic E-state index is 4.11. The number of aromatic nitrogens is 1. The zero-order chi connectivity index (χ0) is 12.1. The van der Waals surface area contributed by atoms with Crippen molar-refractivity contribution in [2.24, 2.45) is 0 Å². The van der Waals surface area contributed by atoms with Crippen molar-refractivity contribution >= 4 is 27.3 Å². The molecule has 0 aliphatic rings. The summed E-state index contributed by atoms with van der Waals surface area (Å²) in [5, 5.41) is 5.64. The van der Waals surface area contributed by atoms with Crippen molar-refractivity contribution in [3.63, 3.8) is 0 Å². The summed E-state index contributed by atoms with van der Waals surface area (Å²) in [4.78, 5) is 5.47. The monoisotopic (exact) mass is 310 g/mol. The van der Waals surface area contributed by atoms with E-state index in [9.17, 15) is 0 Å². The van der Waals surface area contributed by atoms with Gasteiger partial charge in [0, 0.05) is 27.8 Å². The van der Waals surface area contributed by atoms with Crippen molar-refractivity contribution in [2.45, 2.75) is 19.4 Å². The summed E-state index contributed by atoms with van der Waals surface area (Å²) in [5.74, 6) is 0. The summed E-state index contributed by atoms with van der Waals surface area (Å²) in [6.07, 6.45) is 4.75. The molecule has 2 aromatic heterocycles. The largest absolute Gasteiger partial charge is 0.309 e. The molecule has 0 amide bonds. The van der Waals surface area contributed by atoms with Gasteiger partial charge in [-0.2, -0.15) is 0 Å². The third-order valence-corrected chi connectivity index (χ3v) is 4.68. The molecule has 0 saturated carbocycles. The summed E-state index contributed by atoms with van der Waals surface area (Å²) < 4.78 is 1.20. The van der Waals surface area contributed by atoms with E-state index in [1.165, 1.54) is 14.9 Å². The van der Waals surface area contributed by atoms with E-state index in [0.29, 0.717) is 6.04 Å². The van der Waals surface area contributed by atoms with Crippen LogP contribution >= 0.6 is 27.3 Å². The lowest BCUT2D eigenvalue weighted by Crippen LogP contribution is -2.20. The van der Waals surface area contributed by atoms with Gasteiger partial charge in [0.15, 0.2) is 0 Å². The molecule has 2 rings (SSSR count). The summed E-state index contributed by atoms with van der Waals surface area (Å²) in [5.41, 5.74) is 1.28. The van der Waals surface area contributed by atoms with Crippen LogP contribution in [0.4, 0.5) is 0 Å². The summed E-state index contributed by atoms with van der Waals surface area (Å²) >= 11 is 5.35. The molecule has 0 aliphatic carbocycles. The van der Waals surface area contributed by atoms with Gasteiger partial charge in [0.1, 0.15) is 0 Å². The van der Waals surface area contributed by atoms with E-state index in [1.807, 2.05) is 18.5 Å². The quantitative estimate of drug-likeness (QED) is 0.908. The first-order chi connectivity index (χ1) is 8.27. The van der Waals surface area contributed by atoms with Crippen LogP contribution in [0.5, 0.6) is 0 Å². The molecule has 1 atom stereocenters. The fraction of sp³-hybridized carbons (Fsp3) is 0.308. The van der Waals surface area contributed by atoms with Crippen LogP contribution in [0.1, 0.15) is 23.4 Å². The second-order valence-electron chi connectivity index (χ2n) is 3.92. The van der Waals surface area contributed by atoms with Crippen LogP contribution in [-0.4, -0.2) is 11.5 Å². The Morgan fingerprint density at radius 1 is 1.47 bits per heavy atom. The minimum atomic E-state index is 0.390. The Labute approximate surface area is 114 Å². The van der Waals surface area contributed by atoms with Crippen LogP contribution < -0.4 is 5.32 Å². The van der Waals surface area contributed by atoms with Crippen molar-refractivity contribution in [3.8, 4) is 0 Å². The zero-order valence-electron chi connectivity index (χ0n) is 9.69. The lowest BCUT2D eigenvalue weighted by atomic mass is 10.2. The van der Waals surface area contributed by atoms with E-state index < -0.39 is 0 Å². The van der Waals surface area contributed by atoms with E-state index in [0.717, 1.165) is 13.0 Å². The Hall–Kier alpha value is -0.710. The van der Waals surface area contributed by atoms with E-state index in [2.05, 4.69) is 50.7 Å². The first kappa shape index (κ1) is 12.7. The molecule has 0 aromatic carbocycles. The lowest BCUT2D eigenvalue weighted by Gasteiger charge is -2.12. The van der Waals surface area contributed by atoms with E-state index in [-0.39, 0.29) is 0 Å². The number of hydrogen-bond donors (Lipinski definition) is 1. The van der Waals surface area contributed by atoms with Gasteiger partial charge < -0.3 is 5.32 Å². The molecule has 1 unspecified atom stereocenters. The highest BCUT2D eigenvalue weighted by Gasteiger charge is 2.09. The van der Waals surface area contributed by atoms with Crippen LogP contribution in [0.15, 0.2) is 40.4 Å². The first-order valence-corrected chi connectivity index (χ1v) is 7.30. The maximum atomic E-state index is 4.11. The highest BCUT2D eigenvalue weighted by Crippen LogP contribution is 2.28. The highest BCUT2D eigenvalue weighted by atomic mass is 79.9. The molecule has 2 aromatic rings. The van der Waals surface area contributed by atoms with Gasteiger partial charge >= 0.3 is 0 Å². The first-order valence-electron chi connectivity index (χ1n) is 5.62. The molecule has 0 bridgehead atoms. The molecule has 2 nitrogen and oxygen atoms in total. The van der Waals surface area contributed by atoms with E-state index in [1.54, 1.807) is 11.3 Å². The van der Waals surface area contributed by atoms with Crippen molar-refractivity contribution in [2.75, 3.05) is 6.54 Å². The highest BCUT2D eigenvalue weighted by molar-refractivity contribution is 9.10. The topological polar surface area (TPSA) is 24.9 Å². The predicted octanol–water partition coefficient (Wildman–Crippen LogP) is 3.80. The molecular formula is C13H15BrN2S. The second-order valence-corrected chi connectivity index (χ2v) is 5.72. The average molecular weight is 311 g/mol. The lowest BCUT2D eigenvalue weighted by molar-refractivity contribution is 0.583. The zero-order valence-corrected chi connectivity index (χ0v) is 12.1. The van der Waals surface area contributed by atoms with Gasteiger partial charge in [-0.3, -0.25) is 4.98 Å². The van der Waals surface area contributed by atoms with Crippen LogP contribution in [0.3, 0.4) is 0 Å². The van der Waals surface area contributed by atoms with Crippen molar-refractivity contribution in [1.29, 1.82) is 0 Å². The Morgan fingerprint density at radius 2 is 2.35 bits per heavy atom. The van der Waals surface area contributed by atoms with Crippen LogP contribution in [0.2, 0.25) is 0 Å². The molecule has 4 heteroatoms. The smallest absolute Gasteiger partial charge is 0.0397 e. The Bertz CT molecular complexity index is 455. The SMILES string of the molecule is CC(NCCc1cccnc1)c1sccc1Br. The standard InChI is InChI=1S/C13H15BrN2S/c1-10(13-12(14)5-8-17-13)16-7-4-11-3-2-6-15-9-11/h2-3,5-6,8-10,16H,4,7H2,1H3. The van der Waals surface area contributed by atoms with Gasteiger partial charge in [-0.1, -0.05) is 6.07 Å². The fourth-order valence-electron chi connectivity index (χ4n) is 1.69. The van der Waals surface area contributed by atoms with Gasteiger partial charge in [-0.25, -0.2) is 0 Å². The Balaban J connectivity index is 1.81. The van der Waals surface area contributed by atoms with E-state index in [4.69, 9.17) is 0 Å². The third kappa shape index (κ3) is 3.63. The normalized spacial score (nSPS) is 12.6. The van der Waals surface area contributed by atoms with Crippen LogP contribution in [0.25, 0.3) is 0 Å². The van der Waals surface area contributed by atoms with Crippen molar-refractivity contribution < 1.29 is 0 Å². The third-order valence-electron chi connectivity index (χ3n) is 2.63. The number of pyridine rings is 1. The summed E-state index contributed by atoms with van der Waals surface area (Å²) in [6.45, 7) is 3.16. The fourth-order valence-corrected chi connectivity index (χ4v) is 3.44. The van der Waals surface area contributed by atoms with Gasteiger partial charge in [0.2, 0.25) is 0 Å².